The highest BCUT2D eigenvalue weighted by Gasteiger charge is 1.83. The van der Waals surface area contributed by atoms with Gasteiger partial charge in [0.15, 0.2) is 22.2 Å². The third-order valence-corrected chi connectivity index (χ3v) is 1.20. The third-order valence-electron chi connectivity index (χ3n) is 0.288. The smallest absolute Gasteiger partial charge is 0.179 e. The molecule has 0 fully saturated rings. The van der Waals surface area contributed by atoms with Crippen LogP contribution < -0.4 is 0 Å². The third kappa shape index (κ3) is 5.96. The zero-order valence-corrected chi connectivity index (χ0v) is 5.32. The molecule has 2 unspecified atom stereocenters. The molecule has 0 aromatic heterocycles. The van der Waals surface area contributed by atoms with Crippen LogP contribution in [-0.2, 0) is 22.2 Å². The minimum Gasteiger partial charge on any atom is -0.303 e. The molecular weight excluding hydrogens is 152 g/mol. The largest absolute Gasteiger partial charge is 0.303 e. The van der Waals surface area contributed by atoms with Gasteiger partial charge >= 0.3 is 0 Å². The topological polar surface area (TPSA) is 74.6 Å². The van der Waals surface area contributed by atoms with E-state index in [0.29, 0.717) is 0 Å². The molecular formula is C2H4O4S2. The van der Waals surface area contributed by atoms with Gasteiger partial charge in [-0.15, -0.1) is 0 Å². The second kappa shape index (κ2) is 3.90. The molecule has 0 rings (SSSR count). The molecule has 0 saturated carbocycles. The van der Waals surface area contributed by atoms with E-state index in [1.54, 1.807) is 0 Å². The first-order valence-corrected chi connectivity index (χ1v) is 3.84. The van der Waals surface area contributed by atoms with Gasteiger partial charge in [-0.2, -0.15) is 0 Å². The van der Waals surface area contributed by atoms with Crippen molar-refractivity contribution >= 4 is 22.2 Å². The Labute approximate surface area is 51.2 Å². The van der Waals surface area contributed by atoms with E-state index in [1.807, 2.05) is 0 Å². The molecule has 0 spiro atoms. The van der Waals surface area contributed by atoms with Crippen molar-refractivity contribution in [3.63, 3.8) is 0 Å². The lowest BCUT2D eigenvalue weighted by molar-refractivity contribution is 0.569. The number of hydrogen-bond acceptors (Lipinski definition) is 2. The van der Waals surface area contributed by atoms with Gasteiger partial charge in [0, 0.05) is 10.8 Å². The Morgan fingerprint density at radius 2 is 1.25 bits per heavy atom. The standard InChI is InChI=1S/C2H4O4S2/c3-7(4)1-2-8(5)6/h1-2H,(H,3,4)(H,5,6). The summed E-state index contributed by atoms with van der Waals surface area (Å²) in [6.45, 7) is 0. The lowest BCUT2D eigenvalue weighted by Gasteiger charge is -1.75. The van der Waals surface area contributed by atoms with Gasteiger partial charge in [0.25, 0.3) is 0 Å². The van der Waals surface area contributed by atoms with Gasteiger partial charge in [-0.25, -0.2) is 8.42 Å². The molecule has 0 aromatic carbocycles. The first-order valence-electron chi connectivity index (χ1n) is 1.50. The zero-order chi connectivity index (χ0) is 6.57. The normalized spacial score (nSPS) is 18.8. The number of hydrogen-bond donors (Lipinski definition) is 2. The summed E-state index contributed by atoms with van der Waals surface area (Å²) in [4.78, 5) is 0. The molecule has 4 nitrogen and oxygen atoms in total. The maximum atomic E-state index is 9.68. The molecule has 0 radical (unpaired) electrons. The van der Waals surface area contributed by atoms with E-state index in [1.165, 1.54) is 0 Å². The monoisotopic (exact) mass is 156 g/mol. The van der Waals surface area contributed by atoms with E-state index >= 15 is 0 Å². The summed E-state index contributed by atoms with van der Waals surface area (Å²) < 4.78 is 35.2. The van der Waals surface area contributed by atoms with Gasteiger partial charge in [-0.1, -0.05) is 0 Å². The molecule has 0 amide bonds. The highest BCUT2D eigenvalue weighted by atomic mass is 32.2. The summed E-state index contributed by atoms with van der Waals surface area (Å²) in [6.07, 6.45) is 0. The van der Waals surface area contributed by atoms with Gasteiger partial charge in [0.05, 0.1) is 0 Å². The number of rotatable bonds is 2. The van der Waals surface area contributed by atoms with Crippen molar-refractivity contribution < 1.29 is 17.5 Å². The van der Waals surface area contributed by atoms with Crippen LogP contribution in [0.4, 0.5) is 0 Å². The Balaban J connectivity index is 3.67. The molecule has 6 heteroatoms. The van der Waals surface area contributed by atoms with E-state index in [0.717, 1.165) is 10.8 Å². The SMILES string of the molecule is O=S(O)C=CS(=O)O. The Hall–Kier alpha value is -0.0400. The van der Waals surface area contributed by atoms with E-state index in [9.17, 15) is 8.42 Å². The first kappa shape index (κ1) is 7.96. The van der Waals surface area contributed by atoms with Crippen LogP contribution in [0, 0.1) is 0 Å². The summed E-state index contributed by atoms with van der Waals surface area (Å²) in [5.41, 5.74) is 0. The zero-order valence-electron chi connectivity index (χ0n) is 3.68. The van der Waals surface area contributed by atoms with Crippen molar-refractivity contribution in [3.8, 4) is 0 Å². The minimum atomic E-state index is -2.12. The van der Waals surface area contributed by atoms with E-state index in [4.69, 9.17) is 9.11 Å². The fraction of sp³-hybridized carbons (Fsp3) is 0. The molecule has 0 aliphatic heterocycles. The second-order valence-corrected chi connectivity index (χ2v) is 2.47. The molecule has 0 heterocycles. The predicted molar refractivity (Wildman–Crippen MR) is 30.7 cm³/mol. The lowest BCUT2D eigenvalue weighted by atomic mass is 11.3. The maximum absolute atomic E-state index is 9.68. The minimum absolute atomic E-state index is 0.718. The Morgan fingerprint density at radius 1 is 1.00 bits per heavy atom. The van der Waals surface area contributed by atoms with Crippen LogP contribution in [0.15, 0.2) is 10.8 Å². The average molecular weight is 156 g/mol. The molecule has 2 N–H and O–H groups in total. The first-order chi connectivity index (χ1) is 3.63. The molecule has 2 atom stereocenters. The molecule has 0 bridgehead atoms. The fourth-order valence-electron chi connectivity index (χ4n) is 0.0951. The summed E-state index contributed by atoms with van der Waals surface area (Å²) >= 11 is -4.24. The quantitative estimate of drug-likeness (QED) is 0.547. The van der Waals surface area contributed by atoms with Crippen molar-refractivity contribution in [1.29, 1.82) is 0 Å². The molecule has 0 aliphatic carbocycles. The Kier molecular flexibility index (Phi) is 3.88. The van der Waals surface area contributed by atoms with Gasteiger partial charge in [0.1, 0.15) is 0 Å². The predicted octanol–water partition coefficient (Wildman–Crippen LogP) is -0.0990. The van der Waals surface area contributed by atoms with Crippen LogP contribution in [0.5, 0.6) is 0 Å². The van der Waals surface area contributed by atoms with Crippen LogP contribution >= 0.6 is 0 Å². The van der Waals surface area contributed by atoms with Crippen molar-refractivity contribution in [1.82, 2.24) is 0 Å². The van der Waals surface area contributed by atoms with Crippen LogP contribution in [0.3, 0.4) is 0 Å². The van der Waals surface area contributed by atoms with Gasteiger partial charge in [-0.05, 0) is 0 Å². The summed E-state index contributed by atoms with van der Waals surface area (Å²) in [5.74, 6) is 0. The van der Waals surface area contributed by atoms with E-state index in [-0.39, 0.29) is 0 Å². The van der Waals surface area contributed by atoms with E-state index < -0.39 is 22.2 Å². The average Bonchev–Trinajstić information content (AvgIpc) is 1.61. The molecule has 0 aliphatic rings. The van der Waals surface area contributed by atoms with Crippen molar-refractivity contribution in [2.45, 2.75) is 0 Å². The maximum Gasteiger partial charge on any atom is 0.179 e. The second-order valence-electron chi connectivity index (χ2n) is 0.825. The summed E-state index contributed by atoms with van der Waals surface area (Å²) in [5, 5.41) is 1.44. The molecule has 0 saturated heterocycles. The highest BCUT2D eigenvalue weighted by molar-refractivity contribution is 7.86. The van der Waals surface area contributed by atoms with Gasteiger partial charge < -0.3 is 9.11 Å². The molecule has 8 heavy (non-hydrogen) atoms. The Morgan fingerprint density at radius 3 is 1.38 bits per heavy atom. The van der Waals surface area contributed by atoms with Crippen molar-refractivity contribution in [2.75, 3.05) is 0 Å². The van der Waals surface area contributed by atoms with Crippen LogP contribution in [-0.4, -0.2) is 17.5 Å². The fourth-order valence-corrected chi connectivity index (χ4v) is 0.855. The van der Waals surface area contributed by atoms with Crippen molar-refractivity contribution in [3.05, 3.63) is 10.8 Å². The highest BCUT2D eigenvalue weighted by Crippen LogP contribution is 1.79. The summed E-state index contributed by atoms with van der Waals surface area (Å²) in [6, 6.07) is 0. The Bertz CT molecular complexity index is 123. The van der Waals surface area contributed by atoms with Crippen LogP contribution in [0.2, 0.25) is 0 Å². The van der Waals surface area contributed by atoms with E-state index in [2.05, 4.69) is 0 Å². The lowest BCUT2D eigenvalue weighted by Crippen LogP contribution is -1.80. The van der Waals surface area contributed by atoms with Crippen LogP contribution in [0.25, 0.3) is 0 Å². The van der Waals surface area contributed by atoms with Crippen molar-refractivity contribution in [2.24, 2.45) is 0 Å². The van der Waals surface area contributed by atoms with Gasteiger partial charge in [0.2, 0.25) is 0 Å². The molecule has 0 aromatic rings. The van der Waals surface area contributed by atoms with Gasteiger partial charge in [-0.3, -0.25) is 0 Å². The molecule has 48 valence electrons. The summed E-state index contributed by atoms with van der Waals surface area (Å²) in [7, 11) is 0. The van der Waals surface area contributed by atoms with Crippen LogP contribution in [0.1, 0.15) is 0 Å².